The van der Waals surface area contributed by atoms with Crippen LogP contribution in [0.15, 0.2) is 23.3 Å². The van der Waals surface area contributed by atoms with Gasteiger partial charge >= 0.3 is 5.97 Å². The minimum atomic E-state index is -1.30. The first-order valence-corrected chi connectivity index (χ1v) is 5.41. The predicted molar refractivity (Wildman–Crippen MR) is 64.4 cm³/mol. The van der Waals surface area contributed by atoms with E-state index in [2.05, 4.69) is 10.3 Å². The lowest BCUT2D eigenvalue weighted by atomic mass is 10.1. The number of carbonyl (C=O) groups is 3. The molecule has 0 aliphatic rings. The Labute approximate surface area is 107 Å². The second kappa shape index (κ2) is 6.34. The van der Waals surface area contributed by atoms with E-state index in [1.54, 1.807) is 0 Å². The molecule has 8 nitrogen and oxygen atoms in total. The van der Waals surface area contributed by atoms with Gasteiger partial charge in [-0.1, -0.05) is 0 Å². The monoisotopic (exact) mass is 267 g/mol. The van der Waals surface area contributed by atoms with E-state index in [4.69, 9.17) is 10.8 Å². The molecule has 0 radical (unpaired) electrons. The first-order chi connectivity index (χ1) is 8.91. The number of carboxylic acids is 1. The quantitative estimate of drug-likeness (QED) is 0.513. The van der Waals surface area contributed by atoms with Crippen LogP contribution >= 0.6 is 0 Å². The Kier molecular flexibility index (Phi) is 4.81. The number of aromatic amines is 1. The molecule has 1 rings (SSSR count). The molecular weight excluding hydrogens is 254 g/mol. The van der Waals surface area contributed by atoms with Crippen molar-refractivity contribution in [2.24, 2.45) is 5.73 Å². The highest BCUT2D eigenvalue weighted by atomic mass is 16.4. The molecule has 0 aromatic carbocycles. The maximum atomic E-state index is 11.7. The van der Waals surface area contributed by atoms with Crippen molar-refractivity contribution in [2.75, 3.05) is 0 Å². The number of nitrogens with two attached hydrogens (primary N) is 1. The standard InChI is InChI=1S/C11H13N3O5/c12-9(16)2-1-7(11(18)19)14-10(17)6-5-13-4-3-8(6)15/h3-5,7H,1-2H2,(H2,12,16)(H,13,15)(H,14,17)(H,18,19)/t7-/m0/s1. The van der Waals surface area contributed by atoms with Crippen LogP contribution in [0.25, 0.3) is 0 Å². The number of carbonyl (C=O) groups excluding carboxylic acids is 2. The molecule has 102 valence electrons. The first-order valence-electron chi connectivity index (χ1n) is 5.41. The van der Waals surface area contributed by atoms with Crippen molar-refractivity contribution in [2.45, 2.75) is 18.9 Å². The molecule has 1 aromatic heterocycles. The van der Waals surface area contributed by atoms with Gasteiger partial charge in [0.05, 0.1) is 0 Å². The van der Waals surface area contributed by atoms with Crippen molar-refractivity contribution < 1.29 is 19.5 Å². The van der Waals surface area contributed by atoms with E-state index < -0.39 is 29.3 Å². The van der Waals surface area contributed by atoms with E-state index in [1.165, 1.54) is 12.4 Å². The molecule has 0 aliphatic heterocycles. The summed E-state index contributed by atoms with van der Waals surface area (Å²) in [4.78, 5) is 47.2. The van der Waals surface area contributed by atoms with Gasteiger partial charge in [0.2, 0.25) is 5.91 Å². The SMILES string of the molecule is NC(=O)CC[C@H](NC(=O)c1c[nH]ccc1=O)C(=O)O. The zero-order valence-corrected chi connectivity index (χ0v) is 9.88. The lowest BCUT2D eigenvalue weighted by Crippen LogP contribution is -2.42. The molecule has 5 N–H and O–H groups in total. The molecule has 1 heterocycles. The van der Waals surface area contributed by atoms with Crippen LogP contribution in [-0.4, -0.2) is 33.9 Å². The lowest BCUT2D eigenvalue weighted by Gasteiger charge is -2.13. The summed E-state index contributed by atoms with van der Waals surface area (Å²) in [7, 11) is 0. The molecule has 0 bridgehead atoms. The third kappa shape index (κ3) is 4.26. The molecule has 0 saturated carbocycles. The Bertz CT molecular complexity index is 551. The predicted octanol–water partition coefficient (Wildman–Crippen LogP) is -1.18. The van der Waals surface area contributed by atoms with Gasteiger partial charge in [-0.25, -0.2) is 4.79 Å². The second-order valence-electron chi connectivity index (χ2n) is 3.79. The summed E-state index contributed by atoms with van der Waals surface area (Å²) < 4.78 is 0. The maximum Gasteiger partial charge on any atom is 0.326 e. The minimum absolute atomic E-state index is 0.138. The fraction of sp³-hybridized carbons (Fsp3) is 0.273. The molecule has 0 fully saturated rings. The highest BCUT2D eigenvalue weighted by molar-refractivity contribution is 5.96. The number of hydrogen-bond donors (Lipinski definition) is 4. The number of carboxylic acid groups (broad SMARTS) is 1. The van der Waals surface area contributed by atoms with Gasteiger partial charge in [-0.05, 0) is 6.42 Å². The average molecular weight is 267 g/mol. The summed E-state index contributed by atoms with van der Waals surface area (Å²) in [5.41, 5.74) is 4.17. The Balaban J connectivity index is 2.77. The Hall–Kier alpha value is -2.64. The summed E-state index contributed by atoms with van der Waals surface area (Å²) in [5.74, 6) is -2.79. The van der Waals surface area contributed by atoms with Crippen LogP contribution in [0.5, 0.6) is 0 Å². The van der Waals surface area contributed by atoms with E-state index in [1.807, 2.05) is 0 Å². The summed E-state index contributed by atoms with van der Waals surface area (Å²) >= 11 is 0. The first kappa shape index (κ1) is 14.4. The van der Waals surface area contributed by atoms with Crippen molar-refractivity contribution in [1.29, 1.82) is 0 Å². The highest BCUT2D eigenvalue weighted by Gasteiger charge is 2.22. The van der Waals surface area contributed by atoms with E-state index >= 15 is 0 Å². The van der Waals surface area contributed by atoms with Crippen LogP contribution < -0.4 is 16.5 Å². The van der Waals surface area contributed by atoms with Crippen molar-refractivity contribution >= 4 is 17.8 Å². The zero-order chi connectivity index (χ0) is 14.4. The van der Waals surface area contributed by atoms with Crippen LogP contribution in [0.2, 0.25) is 0 Å². The van der Waals surface area contributed by atoms with E-state index in [-0.39, 0.29) is 18.4 Å². The normalized spacial score (nSPS) is 11.6. The molecule has 2 amide bonds. The van der Waals surface area contributed by atoms with Crippen molar-refractivity contribution in [1.82, 2.24) is 10.3 Å². The zero-order valence-electron chi connectivity index (χ0n) is 9.88. The molecule has 0 aliphatic carbocycles. The van der Waals surface area contributed by atoms with E-state index in [9.17, 15) is 19.2 Å². The third-order valence-corrected chi connectivity index (χ3v) is 2.35. The molecule has 0 unspecified atom stereocenters. The van der Waals surface area contributed by atoms with Crippen LogP contribution in [0.1, 0.15) is 23.2 Å². The fourth-order valence-corrected chi connectivity index (χ4v) is 1.37. The van der Waals surface area contributed by atoms with Crippen molar-refractivity contribution in [3.05, 3.63) is 34.2 Å². The number of H-pyrrole nitrogens is 1. The van der Waals surface area contributed by atoms with Crippen molar-refractivity contribution in [3.63, 3.8) is 0 Å². The van der Waals surface area contributed by atoms with E-state index in [0.717, 1.165) is 6.07 Å². The summed E-state index contributed by atoms with van der Waals surface area (Å²) in [6, 6.07) is -0.131. The van der Waals surface area contributed by atoms with Crippen LogP contribution in [-0.2, 0) is 9.59 Å². The molecule has 8 heteroatoms. The highest BCUT2D eigenvalue weighted by Crippen LogP contribution is 1.99. The number of pyridine rings is 1. The van der Waals surface area contributed by atoms with Gasteiger partial charge in [0.1, 0.15) is 11.6 Å². The smallest absolute Gasteiger partial charge is 0.326 e. The van der Waals surface area contributed by atoms with Gasteiger partial charge in [0, 0.05) is 24.9 Å². The minimum Gasteiger partial charge on any atom is -0.480 e. The number of nitrogens with one attached hydrogen (secondary N) is 2. The Morgan fingerprint density at radius 3 is 2.63 bits per heavy atom. The van der Waals surface area contributed by atoms with Gasteiger partial charge in [-0.2, -0.15) is 0 Å². The average Bonchev–Trinajstić information content (AvgIpc) is 2.34. The van der Waals surface area contributed by atoms with E-state index in [0.29, 0.717) is 0 Å². The molecule has 0 spiro atoms. The molecule has 19 heavy (non-hydrogen) atoms. The Morgan fingerprint density at radius 1 is 1.42 bits per heavy atom. The lowest BCUT2D eigenvalue weighted by molar-refractivity contribution is -0.139. The third-order valence-electron chi connectivity index (χ3n) is 2.35. The number of primary amides is 1. The molecule has 1 aromatic rings. The van der Waals surface area contributed by atoms with Crippen LogP contribution in [0.4, 0.5) is 0 Å². The van der Waals surface area contributed by atoms with Crippen LogP contribution in [0.3, 0.4) is 0 Å². The van der Waals surface area contributed by atoms with Crippen molar-refractivity contribution in [3.8, 4) is 0 Å². The summed E-state index contributed by atoms with van der Waals surface area (Å²) in [6.07, 6.45) is 2.20. The maximum absolute atomic E-state index is 11.7. The summed E-state index contributed by atoms with van der Waals surface area (Å²) in [6.45, 7) is 0. The largest absolute Gasteiger partial charge is 0.480 e. The van der Waals surface area contributed by atoms with Gasteiger partial charge < -0.3 is 21.1 Å². The number of rotatable bonds is 6. The Morgan fingerprint density at radius 2 is 2.11 bits per heavy atom. The topological polar surface area (TPSA) is 142 Å². The van der Waals surface area contributed by atoms with Gasteiger partial charge in [0.15, 0.2) is 5.43 Å². The molecular formula is C11H13N3O5. The molecule has 1 atom stereocenters. The van der Waals surface area contributed by atoms with Gasteiger partial charge in [0.25, 0.3) is 5.91 Å². The van der Waals surface area contributed by atoms with Gasteiger partial charge in [-0.15, -0.1) is 0 Å². The second-order valence-corrected chi connectivity index (χ2v) is 3.79. The number of aromatic nitrogens is 1. The fourth-order valence-electron chi connectivity index (χ4n) is 1.37. The number of hydrogen-bond acceptors (Lipinski definition) is 4. The summed E-state index contributed by atoms with van der Waals surface area (Å²) in [5, 5.41) is 11.1. The molecule has 0 saturated heterocycles. The number of aliphatic carboxylic acids is 1. The van der Waals surface area contributed by atoms with Crippen LogP contribution in [0, 0.1) is 0 Å². The van der Waals surface area contributed by atoms with Gasteiger partial charge in [-0.3, -0.25) is 14.4 Å². The number of amides is 2.